The lowest BCUT2D eigenvalue weighted by molar-refractivity contribution is 0.204. The molecule has 3 aromatic rings. The predicted octanol–water partition coefficient (Wildman–Crippen LogP) is 2.24. The molecule has 1 aromatic carbocycles. The number of aromatic nitrogens is 3. The zero-order valence-electron chi connectivity index (χ0n) is 24.9. The zero-order valence-corrected chi connectivity index (χ0v) is 25.7. The van der Waals surface area contributed by atoms with Gasteiger partial charge in [0.2, 0.25) is 11.8 Å². The molecule has 1 saturated carbocycles. The number of nitrogens with two attached hydrogens (primary N) is 1. The molecule has 3 N–H and O–H groups in total. The van der Waals surface area contributed by atoms with Crippen molar-refractivity contribution >= 4 is 21.8 Å². The molecule has 1 aliphatic heterocycles. The molecule has 42 heavy (non-hydrogen) atoms. The molecule has 2 fully saturated rings. The smallest absolute Gasteiger partial charge is 0.305 e. The van der Waals surface area contributed by atoms with E-state index in [-0.39, 0.29) is 11.7 Å². The lowest BCUT2D eigenvalue weighted by Gasteiger charge is -2.32. The summed E-state index contributed by atoms with van der Waals surface area (Å²) in [6.07, 6.45) is 1.66. The highest BCUT2D eigenvalue weighted by atomic mass is 32.2. The Kier molecular flexibility index (Phi) is 9.14. The third kappa shape index (κ3) is 6.92. The Balaban J connectivity index is 1.51. The fourth-order valence-electron chi connectivity index (χ4n) is 5.22. The van der Waals surface area contributed by atoms with Crippen LogP contribution in [0.5, 0.6) is 0 Å². The van der Waals surface area contributed by atoms with Gasteiger partial charge in [-0.1, -0.05) is 37.3 Å². The summed E-state index contributed by atoms with van der Waals surface area (Å²) in [6.45, 7) is 7.99. The van der Waals surface area contributed by atoms with Crippen LogP contribution < -0.4 is 20.3 Å². The Bertz CT molecular complexity index is 1440. The number of rotatable bonds is 13. The molecule has 0 amide bonds. The van der Waals surface area contributed by atoms with Gasteiger partial charge in [0.15, 0.2) is 0 Å². The summed E-state index contributed by atoms with van der Waals surface area (Å²) in [4.78, 5) is 7.00. The van der Waals surface area contributed by atoms with E-state index in [1.807, 2.05) is 43.3 Å². The molecule has 5 rings (SSSR count). The first-order chi connectivity index (χ1) is 20.1. The van der Waals surface area contributed by atoms with E-state index in [1.165, 1.54) is 15.7 Å². The van der Waals surface area contributed by atoms with E-state index in [0.29, 0.717) is 74.9 Å². The lowest BCUT2D eigenvalue weighted by atomic mass is 9.94. The number of pyridine rings is 1. The summed E-state index contributed by atoms with van der Waals surface area (Å²) in [5, 5.41) is 11.8. The van der Waals surface area contributed by atoms with Crippen molar-refractivity contribution in [3.8, 4) is 11.5 Å². The van der Waals surface area contributed by atoms with E-state index in [1.54, 1.807) is 13.2 Å². The van der Waals surface area contributed by atoms with Crippen LogP contribution in [0.25, 0.3) is 11.5 Å². The van der Waals surface area contributed by atoms with Crippen LogP contribution in [-0.4, -0.2) is 87.9 Å². The predicted molar refractivity (Wildman–Crippen MR) is 162 cm³/mol. The molecule has 3 heterocycles. The molecule has 12 nitrogen and oxygen atoms in total. The highest BCUT2D eigenvalue weighted by Gasteiger charge is 2.35. The molecule has 2 unspecified atom stereocenters. The van der Waals surface area contributed by atoms with Gasteiger partial charge in [0.25, 0.3) is 0 Å². The van der Waals surface area contributed by atoms with Crippen molar-refractivity contribution in [1.29, 1.82) is 0 Å². The first-order valence-corrected chi connectivity index (χ1v) is 15.9. The number of nitrogens with one attached hydrogen (secondary N) is 1. The third-order valence-corrected chi connectivity index (χ3v) is 9.96. The van der Waals surface area contributed by atoms with Crippen LogP contribution in [0.2, 0.25) is 0 Å². The number of nitrogens with zero attached hydrogens (tertiary/aromatic N) is 6. The minimum Gasteiger partial charge on any atom is -0.419 e. The van der Waals surface area contributed by atoms with Crippen molar-refractivity contribution in [2.45, 2.75) is 32.2 Å². The molecule has 0 bridgehead atoms. The topological polar surface area (TPSA) is 143 Å². The van der Waals surface area contributed by atoms with Gasteiger partial charge in [0.05, 0.1) is 12.1 Å². The number of hydrogen-bond acceptors (Lipinski definition) is 10. The van der Waals surface area contributed by atoms with Crippen LogP contribution in [-0.2, 0) is 26.9 Å². The van der Waals surface area contributed by atoms with E-state index in [0.717, 1.165) is 18.5 Å². The largest absolute Gasteiger partial charge is 0.419 e. The Morgan fingerprint density at radius 2 is 1.86 bits per heavy atom. The Morgan fingerprint density at radius 1 is 1.17 bits per heavy atom. The van der Waals surface area contributed by atoms with Gasteiger partial charge in [0, 0.05) is 59.0 Å². The first-order valence-electron chi connectivity index (χ1n) is 14.5. The molecule has 3 atom stereocenters. The number of piperazine rings is 1. The quantitative estimate of drug-likeness (QED) is 0.301. The Labute approximate surface area is 248 Å². The van der Waals surface area contributed by atoms with E-state index in [2.05, 4.69) is 27.3 Å². The summed E-state index contributed by atoms with van der Waals surface area (Å²) >= 11 is 0. The molecule has 228 valence electrons. The standard InChI is InChI=1S/C29H42N8O4S/c1-21-16-24(21)20-36(14-15-40-4)26-18-23(17-25(32-26)35(3)42(38,39)37-12-10-31-11-13-37)27-33-34-28(41-27)29(2,30)19-22-8-6-5-7-9-22/h5-9,17-18,21,24,31H,10-16,19-20,30H2,1-4H3/t21?,24?,29-/m1/s1. The second-order valence-electron chi connectivity index (χ2n) is 11.6. The Hall–Kier alpha value is -3.10. The number of benzene rings is 1. The third-order valence-electron chi connectivity index (χ3n) is 8.06. The normalized spacial score (nSPS) is 20.7. The second kappa shape index (κ2) is 12.6. The van der Waals surface area contributed by atoms with Crippen LogP contribution in [0.4, 0.5) is 11.6 Å². The maximum absolute atomic E-state index is 13.6. The minimum atomic E-state index is -3.81. The van der Waals surface area contributed by atoms with Gasteiger partial charge in [-0.05, 0) is 49.3 Å². The van der Waals surface area contributed by atoms with E-state index >= 15 is 0 Å². The van der Waals surface area contributed by atoms with Gasteiger partial charge in [-0.2, -0.15) is 12.7 Å². The summed E-state index contributed by atoms with van der Waals surface area (Å²) in [7, 11) is -0.611. The summed E-state index contributed by atoms with van der Waals surface area (Å²) in [6, 6.07) is 13.5. The van der Waals surface area contributed by atoms with Crippen molar-refractivity contribution in [2.24, 2.45) is 17.6 Å². The molecule has 0 radical (unpaired) electrons. The molecular formula is C29H42N8O4S. The fourth-order valence-corrected chi connectivity index (χ4v) is 6.54. The maximum Gasteiger partial charge on any atom is 0.305 e. The second-order valence-corrected chi connectivity index (χ2v) is 13.6. The molecular weight excluding hydrogens is 556 g/mol. The van der Waals surface area contributed by atoms with E-state index in [9.17, 15) is 8.42 Å². The molecule has 1 saturated heterocycles. The van der Waals surface area contributed by atoms with Crippen molar-refractivity contribution in [1.82, 2.24) is 24.8 Å². The highest BCUT2D eigenvalue weighted by Crippen LogP contribution is 2.39. The molecule has 2 aliphatic rings. The molecule has 0 spiro atoms. The zero-order chi connectivity index (χ0) is 29.9. The molecule has 13 heteroatoms. The monoisotopic (exact) mass is 598 g/mol. The number of methoxy groups -OCH3 is 1. The average Bonchev–Trinajstić information content (AvgIpc) is 3.45. The first kappa shape index (κ1) is 30.4. The van der Waals surface area contributed by atoms with Crippen LogP contribution in [0, 0.1) is 11.8 Å². The minimum absolute atomic E-state index is 0.249. The van der Waals surface area contributed by atoms with Crippen molar-refractivity contribution in [3.63, 3.8) is 0 Å². The van der Waals surface area contributed by atoms with Crippen LogP contribution >= 0.6 is 0 Å². The van der Waals surface area contributed by atoms with Crippen molar-refractivity contribution in [2.75, 3.05) is 69.2 Å². The van der Waals surface area contributed by atoms with Crippen LogP contribution in [0.1, 0.15) is 31.7 Å². The Morgan fingerprint density at radius 3 is 2.52 bits per heavy atom. The number of hydrogen-bond donors (Lipinski definition) is 2. The van der Waals surface area contributed by atoms with Gasteiger partial charge in [-0.3, -0.25) is 0 Å². The summed E-state index contributed by atoms with van der Waals surface area (Å²) in [5.74, 6) is 2.63. The van der Waals surface area contributed by atoms with Gasteiger partial charge < -0.3 is 25.1 Å². The number of anilines is 2. The summed E-state index contributed by atoms with van der Waals surface area (Å²) < 4.78 is 41.5. The number of ether oxygens (including phenoxy) is 1. The van der Waals surface area contributed by atoms with Gasteiger partial charge in [0.1, 0.15) is 11.6 Å². The SMILES string of the molecule is COCCN(CC1CC1C)c1cc(-c2nnc([C@](C)(N)Cc3ccccc3)o2)cc(N(C)S(=O)(=O)N2CCNCC2)n1. The van der Waals surface area contributed by atoms with Crippen LogP contribution in [0.15, 0.2) is 46.9 Å². The van der Waals surface area contributed by atoms with E-state index < -0.39 is 15.7 Å². The van der Waals surface area contributed by atoms with Gasteiger partial charge in [-0.15, -0.1) is 10.2 Å². The highest BCUT2D eigenvalue weighted by molar-refractivity contribution is 7.90. The fraction of sp³-hybridized carbons (Fsp3) is 0.552. The molecule has 1 aliphatic carbocycles. The van der Waals surface area contributed by atoms with Crippen molar-refractivity contribution in [3.05, 3.63) is 53.9 Å². The lowest BCUT2D eigenvalue weighted by Crippen LogP contribution is -2.51. The van der Waals surface area contributed by atoms with Crippen LogP contribution in [0.3, 0.4) is 0 Å². The maximum atomic E-state index is 13.6. The van der Waals surface area contributed by atoms with Gasteiger partial charge >= 0.3 is 10.2 Å². The van der Waals surface area contributed by atoms with Crippen molar-refractivity contribution < 1.29 is 17.6 Å². The van der Waals surface area contributed by atoms with Gasteiger partial charge in [-0.25, -0.2) is 9.29 Å². The summed E-state index contributed by atoms with van der Waals surface area (Å²) in [5.41, 5.74) is 7.38. The molecule has 2 aromatic heterocycles. The average molecular weight is 599 g/mol. The van der Waals surface area contributed by atoms with E-state index in [4.69, 9.17) is 19.9 Å².